The Labute approximate surface area is 193 Å². The third kappa shape index (κ3) is 6.20. The van der Waals surface area contributed by atoms with E-state index < -0.39 is 23.8 Å². The molecule has 0 aliphatic rings. The third-order valence-electron chi connectivity index (χ3n) is 4.38. The second-order valence-electron chi connectivity index (χ2n) is 7.09. The fourth-order valence-corrected chi connectivity index (χ4v) is 3.57. The average molecular weight is 473 g/mol. The Kier molecular flexibility index (Phi) is 7.85. The van der Waals surface area contributed by atoms with Gasteiger partial charge >= 0.3 is 5.97 Å². The first-order valence-electron chi connectivity index (χ1n) is 10.2. The Morgan fingerprint density at radius 2 is 2.03 bits per heavy atom. The molecule has 2 aromatic heterocycles. The van der Waals surface area contributed by atoms with E-state index in [1.165, 1.54) is 0 Å². The minimum absolute atomic E-state index is 0.105. The van der Waals surface area contributed by atoms with Crippen molar-refractivity contribution in [2.24, 2.45) is 5.73 Å². The minimum Gasteiger partial charge on any atom is -0.461 e. The number of anilines is 1. The molecule has 3 rings (SSSR count). The highest BCUT2D eigenvalue weighted by atomic mass is 32.1. The fourth-order valence-electron chi connectivity index (χ4n) is 2.71. The molecule has 0 unspecified atom stereocenters. The number of ether oxygens (including phenoxy) is 1. The van der Waals surface area contributed by atoms with Crippen LogP contribution >= 0.6 is 11.3 Å². The van der Waals surface area contributed by atoms with Crippen molar-refractivity contribution in [2.75, 3.05) is 18.5 Å². The number of amides is 2. The van der Waals surface area contributed by atoms with E-state index in [9.17, 15) is 14.4 Å². The molecule has 0 radical (unpaired) electrons. The number of aryl methyl sites for hydroxylation is 2. The molecule has 0 saturated heterocycles. The van der Waals surface area contributed by atoms with Crippen molar-refractivity contribution >= 4 is 34.3 Å². The first-order chi connectivity index (χ1) is 15.8. The van der Waals surface area contributed by atoms with Crippen molar-refractivity contribution in [3.05, 3.63) is 46.3 Å². The summed E-state index contributed by atoms with van der Waals surface area (Å²) < 4.78 is 10.1. The number of nitrogens with two attached hydrogens (primary N) is 1. The number of esters is 1. The van der Waals surface area contributed by atoms with Crippen LogP contribution < -0.4 is 16.4 Å². The normalized spacial score (nSPS) is 11.6. The van der Waals surface area contributed by atoms with Crippen LogP contribution in [-0.4, -0.2) is 52.1 Å². The van der Waals surface area contributed by atoms with Gasteiger partial charge in [0.1, 0.15) is 10.9 Å². The molecule has 0 saturated carbocycles. The smallest absolute Gasteiger partial charge is 0.350 e. The van der Waals surface area contributed by atoms with E-state index >= 15 is 0 Å². The summed E-state index contributed by atoms with van der Waals surface area (Å²) in [6.07, 6.45) is 0.703. The number of hydrogen-bond donors (Lipinski definition) is 3. The lowest BCUT2D eigenvalue weighted by atomic mass is 10.1. The monoisotopic (exact) mass is 472 g/mol. The molecule has 1 aromatic carbocycles. The summed E-state index contributed by atoms with van der Waals surface area (Å²) in [4.78, 5) is 45.6. The predicted octanol–water partition coefficient (Wildman–Crippen LogP) is 2.07. The van der Waals surface area contributed by atoms with Crippen LogP contribution in [0.25, 0.3) is 11.4 Å². The largest absolute Gasteiger partial charge is 0.461 e. The molecule has 4 N–H and O–H groups in total. The Bertz CT molecular complexity index is 1160. The van der Waals surface area contributed by atoms with Crippen molar-refractivity contribution in [3.63, 3.8) is 0 Å². The summed E-state index contributed by atoms with van der Waals surface area (Å²) >= 11 is 1.01. The Morgan fingerprint density at radius 1 is 1.24 bits per heavy atom. The molecule has 2 heterocycles. The summed E-state index contributed by atoms with van der Waals surface area (Å²) in [6, 6.07) is 5.65. The van der Waals surface area contributed by atoms with Crippen LogP contribution in [0, 0.1) is 13.8 Å². The highest BCUT2D eigenvalue weighted by Gasteiger charge is 2.21. The van der Waals surface area contributed by atoms with Gasteiger partial charge in [-0.2, -0.15) is 4.98 Å². The Morgan fingerprint density at radius 3 is 2.73 bits per heavy atom. The molecule has 174 valence electrons. The molecule has 0 aliphatic heterocycles. The van der Waals surface area contributed by atoms with Crippen LogP contribution in [0.4, 0.5) is 5.13 Å². The van der Waals surface area contributed by atoms with Crippen LogP contribution in [0.15, 0.2) is 28.8 Å². The lowest BCUT2D eigenvalue weighted by molar-refractivity contribution is -0.117. The number of hydrogen-bond acceptors (Lipinski definition) is 10. The van der Waals surface area contributed by atoms with E-state index in [0.717, 1.165) is 11.3 Å². The zero-order chi connectivity index (χ0) is 24.0. The van der Waals surface area contributed by atoms with Crippen LogP contribution in [0.5, 0.6) is 0 Å². The summed E-state index contributed by atoms with van der Waals surface area (Å²) in [7, 11) is 0. The van der Waals surface area contributed by atoms with E-state index in [1.54, 1.807) is 38.1 Å². The number of thiazole rings is 1. The van der Waals surface area contributed by atoms with E-state index in [0.29, 0.717) is 46.4 Å². The molecule has 0 spiro atoms. The molecule has 2 amide bonds. The summed E-state index contributed by atoms with van der Waals surface area (Å²) in [5.41, 5.74) is 7.34. The summed E-state index contributed by atoms with van der Waals surface area (Å²) in [6.45, 7) is 5.42. The van der Waals surface area contributed by atoms with E-state index in [-0.39, 0.29) is 11.7 Å². The second-order valence-corrected chi connectivity index (χ2v) is 8.09. The quantitative estimate of drug-likeness (QED) is 0.396. The molecular weight excluding hydrogens is 448 g/mol. The number of aromatic nitrogens is 3. The first kappa shape index (κ1) is 24.0. The lowest BCUT2D eigenvalue weighted by Crippen LogP contribution is -2.45. The molecular formula is C21H24N6O5S. The van der Waals surface area contributed by atoms with Gasteiger partial charge in [0.25, 0.3) is 5.91 Å². The fraction of sp³-hybridized carbons (Fsp3) is 0.333. The van der Waals surface area contributed by atoms with E-state index in [2.05, 4.69) is 25.8 Å². The first-order valence-corrected chi connectivity index (χ1v) is 11.0. The molecule has 0 fully saturated rings. The standard InChI is InChI=1S/C21H24N6O5S/c1-4-8-31-20(30)16-11(2)24-21(33-16)26-19(29)15(22)10-23-18(28)14-7-5-6-13(9-14)17-25-12(3)32-27-17/h5-7,9,15H,4,8,10,22H2,1-3H3,(H,23,28)(H,24,26,29)/t15-/m0/s1. The molecule has 0 aliphatic carbocycles. The number of nitrogens with one attached hydrogen (secondary N) is 2. The Hall–Kier alpha value is -3.64. The summed E-state index contributed by atoms with van der Waals surface area (Å²) in [5.74, 6) is -0.658. The molecule has 12 heteroatoms. The lowest BCUT2D eigenvalue weighted by Gasteiger charge is -2.12. The molecule has 33 heavy (non-hydrogen) atoms. The number of carbonyl (C=O) groups excluding carboxylic acids is 3. The van der Waals surface area contributed by atoms with Gasteiger partial charge in [-0.05, 0) is 25.5 Å². The average Bonchev–Trinajstić information content (AvgIpc) is 3.40. The maximum Gasteiger partial charge on any atom is 0.350 e. The highest BCUT2D eigenvalue weighted by Crippen LogP contribution is 2.23. The SMILES string of the molecule is CCCOC(=O)c1sc(NC(=O)[C@@H](N)CNC(=O)c2cccc(-c3noc(C)n3)c2)nc1C. The number of benzene rings is 1. The van der Waals surface area contributed by atoms with Gasteiger partial charge in [0, 0.05) is 24.6 Å². The van der Waals surface area contributed by atoms with Gasteiger partial charge in [-0.15, -0.1) is 0 Å². The van der Waals surface area contributed by atoms with Gasteiger partial charge in [0.05, 0.1) is 12.3 Å². The molecule has 3 aromatic rings. The number of rotatable bonds is 9. The number of nitrogens with zero attached hydrogens (tertiary/aromatic N) is 3. The third-order valence-corrected chi connectivity index (χ3v) is 5.43. The summed E-state index contributed by atoms with van der Waals surface area (Å²) in [5, 5.41) is 9.25. The van der Waals surface area contributed by atoms with E-state index in [1.807, 2.05) is 6.92 Å². The van der Waals surface area contributed by atoms with Gasteiger partial charge in [-0.1, -0.05) is 35.5 Å². The second kappa shape index (κ2) is 10.8. The van der Waals surface area contributed by atoms with Crippen molar-refractivity contribution in [1.82, 2.24) is 20.4 Å². The van der Waals surface area contributed by atoms with E-state index in [4.69, 9.17) is 15.0 Å². The van der Waals surface area contributed by atoms with Crippen LogP contribution in [0.1, 0.15) is 45.0 Å². The van der Waals surface area contributed by atoms with Gasteiger partial charge in [0.15, 0.2) is 5.13 Å². The predicted molar refractivity (Wildman–Crippen MR) is 121 cm³/mol. The molecule has 11 nitrogen and oxygen atoms in total. The van der Waals surface area contributed by atoms with Gasteiger partial charge in [-0.25, -0.2) is 9.78 Å². The van der Waals surface area contributed by atoms with Gasteiger partial charge in [0.2, 0.25) is 17.6 Å². The van der Waals surface area contributed by atoms with Crippen molar-refractivity contribution in [1.29, 1.82) is 0 Å². The zero-order valence-electron chi connectivity index (χ0n) is 18.4. The van der Waals surface area contributed by atoms with Crippen LogP contribution in [0.3, 0.4) is 0 Å². The topological polar surface area (TPSA) is 162 Å². The zero-order valence-corrected chi connectivity index (χ0v) is 19.2. The van der Waals surface area contributed by atoms with Crippen LogP contribution in [-0.2, 0) is 9.53 Å². The molecule has 0 bridgehead atoms. The van der Waals surface area contributed by atoms with Crippen molar-refractivity contribution < 1.29 is 23.6 Å². The van der Waals surface area contributed by atoms with Crippen molar-refractivity contribution in [3.8, 4) is 11.4 Å². The van der Waals surface area contributed by atoms with Gasteiger partial charge < -0.3 is 25.6 Å². The highest BCUT2D eigenvalue weighted by molar-refractivity contribution is 7.17. The molecule has 1 atom stereocenters. The Balaban J connectivity index is 1.55. The number of carbonyl (C=O) groups is 3. The maximum atomic E-state index is 12.5. The maximum absolute atomic E-state index is 12.5. The van der Waals surface area contributed by atoms with Gasteiger partial charge in [-0.3, -0.25) is 9.59 Å². The van der Waals surface area contributed by atoms with Crippen molar-refractivity contribution in [2.45, 2.75) is 33.2 Å². The minimum atomic E-state index is -1.03. The van der Waals surface area contributed by atoms with Crippen LogP contribution in [0.2, 0.25) is 0 Å².